The van der Waals surface area contributed by atoms with E-state index in [2.05, 4.69) is 15.6 Å². The first-order chi connectivity index (χ1) is 16.6. The maximum Gasteiger partial charge on any atom is 0.410 e. The van der Waals surface area contributed by atoms with E-state index >= 15 is 0 Å². The lowest BCUT2D eigenvalue weighted by Crippen LogP contribution is -2.48. The van der Waals surface area contributed by atoms with Crippen molar-refractivity contribution in [1.82, 2.24) is 20.5 Å². The van der Waals surface area contributed by atoms with Gasteiger partial charge in [0.25, 0.3) is 11.8 Å². The van der Waals surface area contributed by atoms with Gasteiger partial charge in [0.1, 0.15) is 11.3 Å². The Morgan fingerprint density at radius 2 is 1.89 bits per heavy atom. The molecular weight excluding hydrogens is 448 g/mol. The van der Waals surface area contributed by atoms with Crippen molar-refractivity contribution >= 4 is 17.9 Å². The number of benzene rings is 1. The van der Waals surface area contributed by atoms with E-state index < -0.39 is 5.60 Å². The predicted octanol–water partition coefficient (Wildman–Crippen LogP) is 2.79. The van der Waals surface area contributed by atoms with E-state index in [0.29, 0.717) is 50.3 Å². The summed E-state index contributed by atoms with van der Waals surface area (Å²) in [5, 5.41) is 5.45. The van der Waals surface area contributed by atoms with Crippen LogP contribution < -0.4 is 10.6 Å². The maximum absolute atomic E-state index is 12.9. The number of carbonyl (C=O) groups excluding carboxylic acids is 3. The highest BCUT2D eigenvalue weighted by molar-refractivity contribution is 5.98. The number of hydrogen-bond donors (Lipinski definition) is 2. The Hall–Kier alpha value is -3.46. The molecule has 1 aromatic carbocycles. The number of ether oxygens (including phenoxy) is 2. The lowest BCUT2D eigenvalue weighted by Gasteiger charge is -2.34. The van der Waals surface area contributed by atoms with Gasteiger partial charge in [-0.1, -0.05) is 30.3 Å². The number of aromatic nitrogens is 1. The Bertz CT molecular complexity index is 1040. The molecule has 1 aromatic heterocycles. The fraction of sp³-hybridized carbons (Fsp3) is 0.462. The topological polar surface area (TPSA) is 110 Å². The van der Waals surface area contributed by atoms with E-state index in [9.17, 15) is 14.4 Å². The van der Waals surface area contributed by atoms with Gasteiger partial charge in [0.05, 0.1) is 19.3 Å². The quantitative estimate of drug-likeness (QED) is 0.628. The maximum atomic E-state index is 12.9. The molecule has 1 aliphatic rings. The van der Waals surface area contributed by atoms with Gasteiger partial charge >= 0.3 is 6.09 Å². The molecule has 0 bridgehead atoms. The largest absolute Gasteiger partial charge is 0.444 e. The Balaban J connectivity index is 1.60. The van der Waals surface area contributed by atoms with Crippen LogP contribution in [0.25, 0.3) is 0 Å². The Morgan fingerprint density at radius 3 is 2.57 bits per heavy atom. The van der Waals surface area contributed by atoms with Gasteiger partial charge < -0.3 is 25.0 Å². The predicted molar refractivity (Wildman–Crippen MR) is 131 cm³/mol. The van der Waals surface area contributed by atoms with Gasteiger partial charge in [-0.15, -0.1) is 0 Å². The third-order valence-electron chi connectivity index (χ3n) is 5.37. The minimum atomic E-state index is -0.559. The molecule has 1 saturated heterocycles. The number of amides is 3. The van der Waals surface area contributed by atoms with Gasteiger partial charge in [-0.25, -0.2) is 9.78 Å². The molecule has 0 radical (unpaired) electrons. The molecule has 0 spiro atoms. The van der Waals surface area contributed by atoms with Crippen molar-refractivity contribution in [2.45, 2.75) is 45.3 Å². The minimum absolute atomic E-state index is 0.190. The van der Waals surface area contributed by atoms with Crippen molar-refractivity contribution in [2.24, 2.45) is 0 Å². The standard InChI is InChI=1S/C26H34N4O5/c1-26(2,3)35-25(33)30-12-13-34-21(17-30)10-11-28-23(31)19-15-20(14-18-8-6-5-7-9-18)29-22(16-19)24(32)27-4/h5-9,15-16,21H,10-14,17H2,1-4H3,(H,27,32)(H,28,31). The summed E-state index contributed by atoms with van der Waals surface area (Å²) in [5.41, 5.74) is 1.66. The van der Waals surface area contributed by atoms with Crippen LogP contribution in [0.15, 0.2) is 42.5 Å². The van der Waals surface area contributed by atoms with Crippen molar-refractivity contribution in [3.63, 3.8) is 0 Å². The number of rotatable bonds is 7. The molecule has 1 unspecified atom stereocenters. The zero-order valence-corrected chi connectivity index (χ0v) is 20.8. The SMILES string of the molecule is CNC(=O)c1cc(C(=O)NCCC2CN(C(=O)OC(C)(C)C)CCO2)cc(Cc2ccccc2)n1. The van der Waals surface area contributed by atoms with Crippen LogP contribution in [0.4, 0.5) is 4.79 Å². The zero-order valence-electron chi connectivity index (χ0n) is 20.8. The molecule has 0 aliphatic carbocycles. The molecule has 35 heavy (non-hydrogen) atoms. The lowest BCUT2D eigenvalue weighted by molar-refractivity contribution is -0.0440. The van der Waals surface area contributed by atoms with Crippen LogP contribution in [0.3, 0.4) is 0 Å². The fourth-order valence-electron chi connectivity index (χ4n) is 3.69. The summed E-state index contributed by atoms with van der Waals surface area (Å²) in [4.78, 5) is 43.5. The molecular formula is C26H34N4O5. The van der Waals surface area contributed by atoms with Crippen molar-refractivity contribution in [1.29, 1.82) is 0 Å². The fourth-order valence-corrected chi connectivity index (χ4v) is 3.69. The highest BCUT2D eigenvalue weighted by Gasteiger charge is 2.28. The number of hydrogen-bond acceptors (Lipinski definition) is 6. The van der Waals surface area contributed by atoms with Gasteiger partial charge in [0.2, 0.25) is 0 Å². The van der Waals surface area contributed by atoms with E-state index in [1.165, 1.54) is 13.1 Å². The molecule has 9 heteroatoms. The first-order valence-corrected chi connectivity index (χ1v) is 11.8. The van der Waals surface area contributed by atoms with Crippen LogP contribution in [0, 0.1) is 0 Å². The molecule has 9 nitrogen and oxygen atoms in total. The number of nitrogens with zero attached hydrogens (tertiary/aromatic N) is 2. The molecule has 3 amide bonds. The molecule has 188 valence electrons. The number of morpholine rings is 1. The van der Waals surface area contributed by atoms with Crippen LogP contribution in [0.1, 0.15) is 59.3 Å². The van der Waals surface area contributed by atoms with E-state index in [0.717, 1.165) is 5.56 Å². The van der Waals surface area contributed by atoms with Gasteiger partial charge in [-0.2, -0.15) is 0 Å². The van der Waals surface area contributed by atoms with Crippen molar-refractivity contribution in [2.75, 3.05) is 33.3 Å². The van der Waals surface area contributed by atoms with E-state index in [-0.39, 0.29) is 29.7 Å². The molecule has 2 aromatic rings. The summed E-state index contributed by atoms with van der Waals surface area (Å²) >= 11 is 0. The molecule has 3 rings (SSSR count). The minimum Gasteiger partial charge on any atom is -0.444 e. The summed E-state index contributed by atoms with van der Waals surface area (Å²) in [7, 11) is 1.53. The highest BCUT2D eigenvalue weighted by atomic mass is 16.6. The molecule has 0 saturated carbocycles. The monoisotopic (exact) mass is 482 g/mol. The van der Waals surface area contributed by atoms with Crippen molar-refractivity contribution < 1.29 is 23.9 Å². The Morgan fingerprint density at radius 1 is 1.14 bits per heavy atom. The zero-order chi connectivity index (χ0) is 25.4. The molecule has 1 fully saturated rings. The average molecular weight is 483 g/mol. The summed E-state index contributed by atoms with van der Waals surface area (Å²) in [5.74, 6) is -0.654. The van der Waals surface area contributed by atoms with Gasteiger partial charge in [-0.05, 0) is 44.9 Å². The van der Waals surface area contributed by atoms with Gasteiger partial charge in [0.15, 0.2) is 0 Å². The van der Waals surface area contributed by atoms with E-state index in [1.54, 1.807) is 11.0 Å². The number of pyridine rings is 1. The van der Waals surface area contributed by atoms with Crippen molar-refractivity contribution in [3.05, 3.63) is 65.0 Å². The molecule has 2 N–H and O–H groups in total. The average Bonchev–Trinajstić information content (AvgIpc) is 2.83. The smallest absolute Gasteiger partial charge is 0.410 e. The Kier molecular flexibility index (Phi) is 8.81. The van der Waals surface area contributed by atoms with Crippen LogP contribution in [-0.2, 0) is 15.9 Å². The normalized spacial score (nSPS) is 15.9. The summed E-state index contributed by atoms with van der Waals surface area (Å²) in [6.45, 7) is 7.15. The second-order valence-corrected chi connectivity index (χ2v) is 9.44. The van der Waals surface area contributed by atoms with Crippen LogP contribution in [0.2, 0.25) is 0 Å². The van der Waals surface area contributed by atoms with E-state index in [4.69, 9.17) is 9.47 Å². The molecule has 1 atom stereocenters. The van der Waals surface area contributed by atoms with Crippen LogP contribution in [-0.4, -0.2) is 72.8 Å². The third-order valence-corrected chi connectivity index (χ3v) is 5.37. The van der Waals surface area contributed by atoms with Gasteiger partial charge in [-0.3, -0.25) is 9.59 Å². The third kappa shape index (κ3) is 8.06. The highest BCUT2D eigenvalue weighted by Crippen LogP contribution is 2.15. The van der Waals surface area contributed by atoms with Gasteiger partial charge in [0, 0.05) is 37.8 Å². The molecule has 2 heterocycles. The summed E-state index contributed by atoms with van der Waals surface area (Å²) in [6.07, 6.45) is 0.473. The first kappa shape index (κ1) is 26.2. The second kappa shape index (κ2) is 11.8. The number of carbonyl (C=O) groups is 3. The first-order valence-electron chi connectivity index (χ1n) is 11.8. The summed E-state index contributed by atoms with van der Waals surface area (Å²) in [6, 6.07) is 12.9. The number of nitrogens with one attached hydrogen (secondary N) is 2. The summed E-state index contributed by atoms with van der Waals surface area (Å²) < 4.78 is 11.2. The van der Waals surface area contributed by atoms with Crippen molar-refractivity contribution in [3.8, 4) is 0 Å². The Labute approximate surface area is 206 Å². The van der Waals surface area contributed by atoms with Crippen LogP contribution >= 0.6 is 0 Å². The lowest BCUT2D eigenvalue weighted by atomic mass is 10.1. The van der Waals surface area contributed by atoms with E-state index in [1.807, 2.05) is 51.1 Å². The second-order valence-electron chi connectivity index (χ2n) is 9.44. The van der Waals surface area contributed by atoms with Crippen LogP contribution in [0.5, 0.6) is 0 Å². The molecule has 1 aliphatic heterocycles.